The molecule has 1 saturated heterocycles. The number of carbonyl (C=O) groups is 1. The van der Waals surface area contributed by atoms with E-state index in [0.29, 0.717) is 36.2 Å². The van der Waals surface area contributed by atoms with E-state index >= 15 is 0 Å². The Morgan fingerprint density at radius 1 is 1.16 bits per heavy atom. The largest absolute Gasteiger partial charge is 0.489 e. The van der Waals surface area contributed by atoms with Crippen molar-refractivity contribution in [2.75, 3.05) is 13.2 Å². The standard InChI is InChI=1S/C20H22ClNO3/c1-14-11-24-12-15(2)22(14)20(23)16-7-5-8-18(10-16)25-13-17-6-3-4-9-19(17)21/h3-10,14-15H,11-13H2,1-2H3. The molecule has 0 bridgehead atoms. The van der Waals surface area contributed by atoms with Gasteiger partial charge in [-0.05, 0) is 38.1 Å². The number of halogens is 1. The highest BCUT2D eigenvalue weighted by molar-refractivity contribution is 6.31. The van der Waals surface area contributed by atoms with Crippen LogP contribution in [-0.2, 0) is 11.3 Å². The van der Waals surface area contributed by atoms with Gasteiger partial charge in [-0.1, -0.05) is 35.9 Å². The quantitative estimate of drug-likeness (QED) is 0.822. The van der Waals surface area contributed by atoms with Crippen molar-refractivity contribution in [2.45, 2.75) is 32.5 Å². The van der Waals surface area contributed by atoms with Crippen molar-refractivity contribution in [2.24, 2.45) is 0 Å². The molecule has 0 radical (unpaired) electrons. The van der Waals surface area contributed by atoms with E-state index in [1.165, 1.54) is 0 Å². The van der Waals surface area contributed by atoms with Gasteiger partial charge in [0.2, 0.25) is 0 Å². The summed E-state index contributed by atoms with van der Waals surface area (Å²) < 4.78 is 11.3. The predicted octanol–water partition coefficient (Wildman–Crippen LogP) is 4.17. The molecule has 0 aromatic heterocycles. The normalized spacial score (nSPS) is 20.4. The van der Waals surface area contributed by atoms with E-state index in [1.807, 2.05) is 61.2 Å². The molecule has 2 aromatic rings. The van der Waals surface area contributed by atoms with Crippen LogP contribution in [0.1, 0.15) is 29.8 Å². The van der Waals surface area contributed by atoms with E-state index in [2.05, 4.69) is 0 Å². The van der Waals surface area contributed by atoms with Crippen LogP contribution < -0.4 is 4.74 Å². The summed E-state index contributed by atoms with van der Waals surface area (Å²) in [5, 5.41) is 0.672. The Morgan fingerprint density at radius 3 is 2.60 bits per heavy atom. The van der Waals surface area contributed by atoms with E-state index in [4.69, 9.17) is 21.1 Å². The Balaban J connectivity index is 1.72. The van der Waals surface area contributed by atoms with Gasteiger partial charge in [-0.15, -0.1) is 0 Å². The molecule has 1 fully saturated rings. The van der Waals surface area contributed by atoms with Crippen molar-refractivity contribution < 1.29 is 14.3 Å². The minimum atomic E-state index is 0.00601. The summed E-state index contributed by atoms with van der Waals surface area (Å²) in [7, 11) is 0. The minimum Gasteiger partial charge on any atom is -0.489 e. The van der Waals surface area contributed by atoms with Gasteiger partial charge in [-0.25, -0.2) is 0 Å². The highest BCUT2D eigenvalue weighted by Gasteiger charge is 2.30. The number of amides is 1. The van der Waals surface area contributed by atoms with Gasteiger partial charge in [0.1, 0.15) is 12.4 Å². The van der Waals surface area contributed by atoms with Crippen LogP contribution in [0.5, 0.6) is 5.75 Å². The van der Waals surface area contributed by atoms with Crippen molar-refractivity contribution >= 4 is 17.5 Å². The second-order valence-electron chi connectivity index (χ2n) is 6.36. The number of ether oxygens (including phenoxy) is 2. The topological polar surface area (TPSA) is 38.8 Å². The molecule has 1 heterocycles. The van der Waals surface area contributed by atoms with Crippen LogP contribution in [0, 0.1) is 0 Å². The number of hydrogen-bond acceptors (Lipinski definition) is 3. The number of benzene rings is 2. The fourth-order valence-electron chi connectivity index (χ4n) is 3.05. The number of hydrogen-bond donors (Lipinski definition) is 0. The molecule has 0 saturated carbocycles. The zero-order valence-electron chi connectivity index (χ0n) is 14.4. The Bertz CT molecular complexity index is 739. The molecule has 0 spiro atoms. The van der Waals surface area contributed by atoms with E-state index in [9.17, 15) is 4.79 Å². The molecule has 132 valence electrons. The predicted molar refractivity (Wildman–Crippen MR) is 98.1 cm³/mol. The fraction of sp³-hybridized carbons (Fsp3) is 0.350. The molecular weight excluding hydrogens is 338 g/mol. The third-order valence-electron chi connectivity index (χ3n) is 4.34. The van der Waals surface area contributed by atoms with Crippen LogP contribution in [0.4, 0.5) is 0 Å². The average Bonchev–Trinajstić information content (AvgIpc) is 2.61. The fourth-order valence-corrected chi connectivity index (χ4v) is 3.24. The lowest BCUT2D eigenvalue weighted by molar-refractivity contribution is -0.0249. The van der Waals surface area contributed by atoms with Gasteiger partial charge in [0.25, 0.3) is 5.91 Å². The van der Waals surface area contributed by atoms with Crippen molar-refractivity contribution in [3.8, 4) is 5.75 Å². The first-order chi connectivity index (χ1) is 12.1. The SMILES string of the molecule is CC1COCC(C)N1C(=O)c1cccc(OCc2ccccc2Cl)c1. The average molecular weight is 360 g/mol. The molecule has 2 aromatic carbocycles. The number of morpholine rings is 1. The first-order valence-electron chi connectivity index (χ1n) is 8.43. The van der Waals surface area contributed by atoms with E-state index in [1.54, 1.807) is 6.07 Å². The third-order valence-corrected chi connectivity index (χ3v) is 4.70. The molecule has 4 nitrogen and oxygen atoms in total. The van der Waals surface area contributed by atoms with Crippen molar-refractivity contribution in [1.82, 2.24) is 4.90 Å². The van der Waals surface area contributed by atoms with Crippen molar-refractivity contribution in [1.29, 1.82) is 0 Å². The van der Waals surface area contributed by atoms with Crippen LogP contribution >= 0.6 is 11.6 Å². The number of rotatable bonds is 4. The maximum absolute atomic E-state index is 12.9. The van der Waals surface area contributed by atoms with E-state index in [-0.39, 0.29) is 18.0 Å². The van der Waals surface area contributed by atoms with Gasteiger partial charge in [0.05, 0.1) is 25.3 Å². The zero-order valence-corrected chi connectivity index (χ0v) is 15.2. The Morgan fingerprint density at radius 2 is 1.88 bits per heavy atom. The van der Waals surface area contributed by atoms with Crippen molar-refractivity contribution in [3.63, 3.8) is 0 Å². The highest BCUT2D eigenvalue weighted by atomic mass is 35.5. The summed E-state index contributed by atoms with van der Waals surface area (Å²) >= 11 is 6.15. The second kappa shape index (κ2) is 7.89. The summed E-state index contributed by atoms with van der Waals surface area (Å²) in [6.07, 6.45) is 0. The summed E-state index contributed by atoms with van der Waals surface area (Å²) in [6.45, 7) is 5.51. The molecule has 1 aliphatic heterocycles. The molecule has 25 heavy (non-hydrogen) atoms. The van der Waals surface area contributed by atoms with Crippen LogP contribution in [0.2, 0.25) is 5.02 Å². The van der Waals surface area contributed by atoms with E-state index < -0.39 is 0 Å². The summed E-state index contributed by atoms with van der Waals surface area (Å²) in [5.74, 6) is 0.658. The first kappa shape index (κ1) is 17.8. The molecule has 0 N–H and O–H groups in total. The highest BCUT2D eigenvalue weighted by Crippen LogP contribution is 2.22. The Hall–Kier alpha value is -2.04. The van der Waals surface area contributed by atoms with Crippen LogP contribution in [0.3, 0.4) is 0 Å². The molecule has 5 heteroatoms. The lowest BCUT2D eigenvalue weighted by atomic mass is 10.1. The summed E-state index contributed by atoms with van der Waals surface area (Å²) in [4.78, 5) is 14.8. The second-order valence-corrected chi connectivity index (χ2v) is 6.76. The molecule has 2 unspecified atom stereocenters. The van der Waals surface area contributed by atoms with Crippen LogP contribution in [0.15, 0.2) is 48.5 Å². The summed E-state index contributed by atoms with van der Waals surface area (Å²) in [5.41, 5.74) is 1.54. The molecule has 1 amide bonds. The maximum atomic E-state index is 12.9. The molecule has 1 aliphatic rings. The molecule has 2 atom stereocenters. The lowest BCUT2D eigenvalue weighted by Crippen LogP contribution is -2.52. The molecule has 0 aliphatic carbocycles. The van der Waals surface area contributed by atoms with Gasteiger partial charge >= 0.3 is 0 Å². The van der Waals surface area contributed by atoms with Crippen LogP contribution in [-0.4, -0.2) is 36.1 Å². The Labute approximate surface area is 153 Å². The van der Waals surface area contributed by atoms with Gasteiger partial charge in [-0.3, -0.25) is 4.79 Å². The molecule has 3 rings (SSSR count). The number of nitrogens with zero attached hydrogens (tertiary/aromatic N) is 1. The number of carbonyl (C=O) groups excluding carboxylic acids is 1. The zero-order chi connectivity index (χ0) is 17.8. The van der Waals surface area contributed by atoms with Crippen LogP contribution in [0.25, 0.3) is 0 Å². The molecular formula is C20H22ClNO3. The van der Waals surface area contributed by atoms with E-state index in [0.717, 1.165) is 5.56 Å². The monoisotopic (exact) mass is 359 g/mol. The van der Waals surface area contributed by atoms with Gasteiger partial charge in [-0.2, -0.15) is 0 Å². The maximum Gasteiger partial charge on any atom is 0.254 e. The Kier molecular flexibility index (Phi) is 5.61. The smallest absolute Gasteiger partial charge is 0.254 e. The lowest BCUT2D eigenvalue weighted by Gasteiger charge is -2.38. The summed E-state index contributed by atoms with van der Waals surface area (Å²) in [6, 6.07) is 15.0. The third kappa shape index (κ3) is 4.14. The van der Waals surface area contributed by atoms with Crippen molar-refractivity contribution in [3.05, 3.63) is 64.7 Å². The van der Waals surface area contributed by atoms with Gasteiger partial charge in [0.15, 0.2) is 0 Å². The van der Waals surface area contributed by atoms with Gasteiger partial charge < -0.3 is 14.4 Å². The van der Waals surface area contributed by atoms with Gasteiger partial charge in [0, 0.05) is 16.1 Å². The minimum absolute atomic E-state index is 0.00601. The first-order valence-corrected chi connectivity index (χ1v) is 8.80.